The molecule has 4 aromatic rings. The van der Waals surface area contributed by atoms with Crippen LogP contribution in [0.15, 0.2) is 85.2 Å². The first-order valence-electron chi connectivity index (χ1n) is 25.4. The maximum atomic E-state index is 14.6. The number of methoxy groups -OCH3 is 3. The van der Waals surface area contributed by atoms with Crippen molar-refractivity contribution in [2.75, 3.05) is 76.8 Å². The van der Waals surface area contributed by atoms with Crippen LogP contribution in [0.4, 0.5) is 17.1 Å². The van der Waals surface area contributed by atoms with Gasteiger partial charge >= 0.3 is 0 Å². The second-order valence-corrected chi connectivity index (χ2v) is 32.8. The van der Waals surface area contributed by atoms with Crippen LogP contribution in [0.25, 0.3) is 11.1 Å². The SMILES string of the molecule is COc1ccc(C2=CN3C(=O)c4cc(OC)c(OCCCCCOc5cc6c(cc5OC)C(=O)N5C=C(c7ccc(N)cc7)C[C@H]5C(=O)N6COCC[Si](C)(C)C)cc4N(COCC[Si](C)(C)C)C(=O)[C@@H]3C2)cc1. The predicted molar refractivity (Wildman–Crippen MR) is 293 cm³/mol. The van der Waals surface area contributed by atoms with Crippen molar-refractivity contribution in [1.82, 2.24) is 9.80 Å². The van der Waals surface area contributed by atoms with Gasteiger partial charge in [-0.3, -0.25) is 29.0 Å². The van der Waals surface area contributed by atoms with Crippen molar-refractivity contribution in [3.8, 4) is 28.7 Å². The van der Waals surface area contributed by atoms with Crippen LogP contribution in [0.5, 0.6) is 28.7 Å². The monoisotopic (exact) mass is 1050 g/mol. The van der Waals surface area contributed by atoms with E-state index in [1.165, 1.54) is 24.0 Å². The van der Waals surface area contributed by atoms with Crippen LogP contribution < -0.4 is 39.2 Å². The molecule has 74 heavy (non-hydrogen) atoms. The Labute approximate surface area is 436 Å². The number of nitrogens with two attached hydrogens (primary N) is 1. The van der Waals surface area contributed by atoms with Crippen LogP contribution in [0.3, 0.4) is 0 Å². The summed E-state index contributed by atoms with van der Waals surface area (Å²) in [6.07, 6.45) is 6.25. The highest BCUT2D eigenvalue weighted by Crippen LogP contribution is 2.44. The summed E-state index contributed by atoms with van der Waals surface area (Å²) in [5.41, 5.74) is 11.5. The number of carbonyl (C=O) groups is 4. The van der Waals surface area contributed by atoms with Gasteiger partial charge in [-0.25, -0.2) is 0 Å². The number of fused-ring (bicyclic) bond motifs is 4. The summed E-state index contributed by atoms with van der Waals surface area (Å²) < 4.78 is 42.0. The van der Waals surface area contributed by atoms with Gasteiger partial charge in [0.05, 0.1) is 57.0 Å². The average Bonchev–Trinajstić information content (AvgIpc) is 4.01. The minimum Gasteiger partial charge on any atom is -0.497 e. The first kappa shape index (κ1) is 53.7. The normalized spacial score (nSPS) is 17.5. The Morgan fingerprint density at radius 1 is 0.527 bits per heavy atom. The number of ether oxygens (including phenoxy) is 7. The van der Waals surface area contributed by atoms with Crippen molar-refractivity contribution in [2.45, 2.75) is 95.6 Å². The van der Waals surface area contributed by atoms with Gasteiger partial charge in [-0.15, -0.1) is 0 Å². The van der Waals surface area contributed by atoms with Crippen LogP contribution in [-0.2, 0) is 19.1 Å². The molecule has 0 fully saturated rings. The van der Waals surface area contributed by atoms with Crippen molar-refractivity contribution in [1.29, 1.82) is 0 Å². The third-order valence-electron chi connectivity index (χ3n) is 13.7. The standard InChI is InChI=1S/C56H71N5O11Si2/c1-66-42-19-15-38(16-20-42)40-28-48-56(65)61(36-70-24-26-74(7,8)9)46-32-52(50(68-3)30-44(46)54(63)59(48)34-40)72-22-12-10-11-21-71-51-31-45-43(29-49(51)67-2)53(62)58-33-39(37-13-17-41(57)18-14-37)27-47(58)55(64)60(45)35-69-23-25-73(4,5)6/h13-20,29-34,47-48H,10-12,21-28,35-36,57H2,1-9H3/t47-,48-/m0/s1. The number of rotatable bonds is 23. The third kappa shape index (κ3) is 12.1. The maximum absolute atomic E-state index is 14.6. The van der Waals surface area contributed by atoms with E-state index in [1.54, 1.807) is 53.6 Å². The molecule has 18 heteroatoms. The minimum atomic E-state index is -1.43. The summed E-state index contributed by atoms with van der Waals surface area (Å²) in [7, 11) is 1.81. The summed E-state index contributed by atoms with van der Waals surface area (Å²) >= 11 is 0. The van der Waals surface area contributed by atoms with Crippen molar-refractivity contribution >= 4 is 68.0 Å². The van der Waals surface area contributed by atoms with Gasteiger partial charge in [-0.1, -0.05) is 63.5 Å². The molecule has 16 nitrogen and oxygen atoms in total. The lowest BCUT2D eigenvalue weighted by molar-refractivity contribution is -0.123. The fourth-order valence-electron chi connectivity index (χ4n) is 9.32. The van der Waals surface area contributed by atoms with Gasteiger partial charge < -0.3 is 48.7 Å². The molecular formula is C56H71N5O11Si2. The molecule has 4 aliphatic heterocycles. The lowest BCUT2D eigenvalue weighted by Crippen LogP contribution is -2.45. The topological polar surface area (TPSA) is 172 Å². The number of carbonyl (C=O) groups excluding carboxylic acids is 4. The number of hydrogen-bond donors (Lipinski definition) is 1. The van der Waals surface area contributed by atoms with E-state index in [4.69, 9.17) is 38.9 Å². The second kappa shape index (κ2) is 22.9. The highest BCUT2D eigenvalue weighted by Gasteiger charge is 2.45. The summed E-state index contributed by atoms with van der Waals surface area (Å²) in [5, 5.41) is 0. The molecule has 0 aliphatic carbocycles. The number of nitrogen functional groups attached to an aromatic ring is 1. The Bertz CT molecular complexity index is 2790. The zero-order chi connectivity index (χ0) is 52.9. The Morgan fingerprint density at radius 3 is 1.34 bits per heavy atom. The van der Waals surface area contributed by atoms with E-state index in [0.29, 0.717) is 109 Å². The van der Waals surface area contributed by atoms with Crippen LogP contribution in [0.2, 0.25) is 51.4 Å². The van der Waals surface area contributed by atoms with E-state index < -0.39 is 28.2 Å². The number of nitrogens with zero attached hydrogens (tertiary/aromatic N) is 4. The van der Waals surface area contributed by atoms with E-state index in [1.807, 2.05) is 48.5 Å². The van der Waals surface area contributed by atoms with Crippen molar-refractivity contribution < 1.29 is 52.3 Å². The Morgan fingerprint density at radius 2 is 0.946 bits per heavy atom. The molecule has 0 bridgehead atoms. The summed E-state index contributed by atoms with van der Waals surface area (Å²) in [6, 6.07) is 22.0. The number of hydrogen-bond acceptors (Lipinski definition) is 12. The van der Waals surface area contributed by atoms with Crippen LogP contribution in [0, 0.1) is 0 Å². The molecule has 0 radical (unpaired) electrons. The maximum Gasteiger partial charge on any atom is 0.260 e. The molecule has 4 aliphatic rings. The molecule has 8 rings (SSSR count). The molecule has 0 aromatic heterocycles. The Hall–Kier alpha value is -6.61. The van der Waals surface area contributed by atoms with Gasteiger partial charge in [-0.2, -0.15) is 0 Å². The van der Waals surface area contributed by atoms with Crippen LogP contribution >= 0.6 is 0 Å². The Balaban J connectivity index is 0.950. The molecule has 0 unspecified atom stereocenters. The smallest absolute Gasteiger partial charge is 0.260 e. The molecule has 0 saturated carbocycles. The summed E-state index contributed by atoms with van der Waals surface area (Å²) in [4.78, 5) is 64.1. The summed E-state index contributed by atoms with van der Waals surface area (Å²) in [5.74, 6) is 1.11. The minimum absolute atomic E-state index is 0.0217. The van der Waals surface area contributed by atoms with Crippen molar-refractivity contribution in [2.24, 2.45) is 0 Å². The zero-order valence-electron chi connectivity index (χ0n) is 44.3. The Kier molecular flexibility index (Phi) is 16.6. The van der Waals surface area contributed by atoms with Gasteiger partial charge in [0, 0.05) is 72.4 Å². The van der Waals surface area contributed by atoms with E-state index in [0.717, 1.165) is 40.8 Å². The fraction of sp³-hybridized carbons (Fsp3) is 0.429. The van der Waals surface area contributed by atoms with Gasteiger partial charge in [0.25, 0.3) is 23.6 Å². The highest BCUT2D eigenvalue weighted by atomic mass is 28.3. The van der Waals surface area contributed by atoms with E-state index in [-0.39, 0.29) is 37.1 Å². The molecule has 4 heterocycles. The number of anilines is 3. The van der Waals surface area contributed by atoms with Crippen molar-refractivity contribution in [3.63, 3.8) is 0 Å². The quantitative estimate of drug-likeness (QED) is 0.0424. The fourth-order valence-corrected chi connectivity index (χ4v) is 10.8. The second-order valence-electron chi connectivity index (χ2n) is 21.6. The van der Waals surface area contributed by atoms with Gasteiger partial charge in [0.1, 0.15) is 31.3 Å². The highest BCUT2D eigenvalue weighted by molar-refractivity contribution is 6.76. The molecule has 2 N–H and O–H groups in total. The van der Waals surface area contributed by atoms with Crippen LogP contribution in [0.1, 0.15) is 63.9 Å². The molecule has 2 atom stereocenters. The molecule has 4 aromatic carbocycles. The first-order chi connectivity index (χ1) is 35.4. The number of benzene rings is 4. The van der Waals surface area contributed by atoms with Crippen molar-refractivity contribution in [3.05, 3.63) is 107 Å². The van der Waals surface area contributed by atoms with Gasteiger partial charge in [-0.05, 0) is 90.0 Å². The molecule has 4 amide bonds. The number of unbranched alkanes of at least 4 members (excludes halogenated alkanes) is 2. The average molecular weight is 1050 g/mol. The van der Waals surface area contributed by atoms with Gasteiger partial charge in [0.2, 0.25) is 0 Å². The predicted octanol–water partition coefficient (Wildman–Crippen LogP) is 9.75. The van der Waals surface area contributed by atoms with E-state index >= 15 is 0 Å². The van der Waals surface area contributed by atoms with E-state index in [2.05, 4.69) is 39.3 Å². The molecular weight excluding hydrogens is 975 g/mol. The molecule has 0 saturated heterocycles. The first-order valence-corrected chi connectivity index (χ1v) is 32.8. The van der Waals surface area contributed by atoms with Gasteiger partial charge in [0.15, 0.2) is 23.0 Å². The molecule has 0 spiro atoms. The summed E-state index contributed by atoms with van der Waals surface area (Å²) in [6.45, 7) is 15.2. The van der Waals surface area contributed by atoms with Crippen LogP contribution in [-0.4, -0.2) is 123 Å². The third-order valence-corrected chi connectivity index (χ3v) is 17.2. The lowest BCUT2D eigenvalue weighted by Gasteiger charge is -2.27. The largest absolute Gasteiger partial charge is 0.497 e. The lowest BCUT2D eigenvalue weighted by atomic mass is 10.0. The molecule has 394 valence electrons. The van der Waals surface area contributed by atoms with E-state index in [9.17, 15) is 19.2 Å². The zero-order valence-corrected chi connectivity index (χ0v) is 46.3. The number of amides is 4.